The molecule has 0 atom stereocenters. The van der Waals surface area contributed by atoms with Gasteiger partial charge in [-0.3, -0.25) is 15.3 Å². The summed E-state index contributed by atoms with van der Waals surface area (Å²) < 4.78 is 5.33. The van der Waals surface area contributed by atoms with Crippen molar-refractivity contribution in [1.29, 1.82) is 0 Å². The molecule has 19 heavy (non-hydrogen) atoms. The Hall–Kier alpha value is -0.850. The number of guanidine groups is 1. The van der Waals surface area contributed by atoms with Crippen molar-refractivity contribution in [3.05, 3.63) is 0 Å². The van der Waals surface area contributed by atoms with E-state index in [0.29, 0.717) is 6.04 Å². The Balaban J connectivity index is 1.68. The summed E-state index contributed by atoms with van der Waals surface area (Å²) in [5.74, 6) is 6.27. The average Bonchev–Trinajstić information content (AvgIpc) is 2.48. The second kappa shape index (κ2) is 8.35. The number of hydrogen-bond donors (Lipinski definition) is 3. The Morgan fingerprint density at radius 3 is 2.63 bits per heavy atom. The van der Waals surface area contributed by atoms with E-state index in [2.05, 4.69) is 20.6 Å². The minimum absolute atomic E-state index is 0.534. The van der Waals surface area contributed by atoms with Gasteiger partial charge in [0.15, 0.2) is 0 Å². The van der Waals surface area contributed by atoms with Crippen LogP contribution in [0.1, 0.15) is 32.1 Å². The summed E-state index contributed by atoms with van der Waals surface area (Å²) in [4.78, 5) is 6.89. The molecule has 0 amide bonds. The zero-order chi connectivity index (χ0) is 13.3. The largest absolute Gasteiger partial charge is 0.379 e. The van der Waals surface area contributed by atoms with Crippen LogP contribution >= 0.6 is 0 Å². The van der Waals surface area contributed by atoms with Crippen molar-refractivity contribution in [1.82, 2.24) is 15.6 Å². The van der Waals surface area contributed by atoms with Crippen LogP contribution in [0.5, 0.6) is 0 Å². The maximum atomic E-state index is 5.53. The van der Waals surface area contributed by atoms with Gasteiger partial charge in [-0.2, -0.15) is 0 Å². The van der Waals surface area contributed by atoms with Crippen molar-refractivity contribution in [3.8, 4) is 0 Å². The first-order valence-electron chi connectivity index (χ1n) is 7.46. The lowest BCUT2D eigenvalue weighted by atomic mass is 9.96. The molecule has 4 N–H and O–H groups in total. The third-order valence-electron chi connectivity index (χ3n) is 3.87. The van der Waals surface area contributed by atoms with Crippen LogP contribution in [0, 0.1) is 0 Å². The second-order valence-electron chi connectivity index (χ2n) is 5.31. The van der Waals surface area contributed by atoms with Crippen LogP contribution in [0.4, 0.5) is 0 Å². The molecule has 110 valence electrons. The van der Waals surface area contributed by atoms with Gasteiger partial charge in [-0.25, -0.2) is 5.84 Å². The van der Waals surface area contributed by atoms with Crippen molar-refractivity contribution < 1.29 is 4.74 Å². The van der Waals surface area contributed by atoms with Gasteiger partial charge in [0.2, 0.25) is 5.96 Å². The smallest absolute Gasteiger partial charge is 0.205 e. The molecule has 0 bridgehead atoms. The van der Waals surface area contributed by atoms with Crippen LogP contribution in [0.2, 0.25) is 0 Å². The minimum atomic E-state index is 0.534. The van der Waals surface area contributed by atoms with Crippen LogP contribution in [0.15, 0.2) is 4.99 Å². The lowest BCUT2D eigenvalue weighted by Gasteiger charge is -2.26. The monoisotopic (exact) mass is 269 g/mol. The molecular weight excluding hydrogens is 242 g/mol. The summed E-state index contributed by atoms with van der Waals surface area (Å²) in [7, 11) is 0. The standard InChI is InChI=1S/C13H27N5O/c14-17-13(16-12-4-2-1-3-5-12)15-6-7-18-8-10-19-11-9-18/h12H,1-11,14H2,(H2,15,16,17). The molecule has 6 nitrogen and oxygen atoms in total. The minimum Gasteiger partial charge on any atom is -0.379 e. The summed E-state index contributed by atoms with van der Waals surface area (Å²) in [5.41, 5.74) is 2.68. The van der Waals surface area contributed by atoms with E-state index in [1.807, 2.05) is 0 Å². The maximum Gasteiger partial charge on any atom is 0.205 e. The van der Waals surface area contributed by atoms with Crippen molar-refractivity contribution in [2.24, 2.45) is 10.8 Å². The first kappa shape index (κ1) is 14.6. The van der Waals surface area contributed by atoms with Crippen molar-refractivity contribution in [2.45, 2.75) is 38.1 Å². The van der Waals surface area contributed by atoms with Crippen molar-refractivity contribution >= 4 is 5.96 Å². The van der Waals surface area contributed by atoms with Crippen LogP contribution in [-0.2, 0) is 4.74 Å². The average molecular weight is 269 g/mol. The van der Waals surface area contributed by atoms with Gasteiger partial charge in [0.1, 0.15) is 0 Å². The van der Waals surface area contributed by atoms with Crippen molar-refractivity contribution in [3.63, 3.8) is 0 Å². The summed E-state index contributed by atoms with van der Waals surface area (Å²) in [6, 6.07) is 0.534. The van der Waals surface area contributed by atoms with Gasteiger partial charge in [0.25, 0.3) is 0 Å². The van der Waals surface area contributed by atoms with E-state index in [1.165, 1.54) is 32.1 Å². The zero-order valence-corrected chi connectivity index (χ0v) is 11.7. The molecule has 6 heteroatoms. The normalized spacial score (nSPS) is 23.3. The SMILES string of the molecule is NNC(=NCCN1CCOCC1)NC1CCCCC1. The number of aliphatic imine (C=N–C) groups is 1. The van der Waals surface area contributed by atoms with E-state index < -0.39 is 0 Å². The van der Waals surface area contributed by atoms with E-state index in [-0.39, 0.29) is 0 Å². The third-order valence-corrected chi connectivity index (χ3v) is 3.87. The quantitative estimate of drug-likeness (QED) is 0.291. The van der Waals surface area contributed by atoms with Gasteiger partial charge in [-0.1, -0.05) is 19.3 Å². The summed E-state index contributed by atoms with van der Waals surface area (Å²) in [5, 5.41) is 3.41. The maximum absolute atomic E-state index is 5.53. The Labute approximate surface area is 115 Å². The number of nitrogens with zero attached hydrogens (tertiary/aromatic N) is 2. The molecule has 0 spiro atoms. The number of nitrogens with two attached hydrogens (primary N) is 1. The van der Waals surface area contributed by atoms with E-state index in [0.717, 1.165) is 45.4 Å². The first-order valence-corrected chi connectivity index (χ1v) is 7.46. The van der Waals surface area contributed by atoms with E-state index >= 15 is 0 Å². The van der Waals surface area contributed by atoms with E-state index in [1.54, 1.807) is 0 Å². The molecule has 0 radical (unpaired) electrons. The molecule has 1 saturated carbocycles. The Morgan fingerprint density at radius 2 is 1.95 bits per heavy atom. The molecule has 0 aromatic carbocycles. The lowest BCUT2D eigenvalue weighted by molar-refractivity contribution is 0.0394. The molecule has 0 aromatic rings. The highest BCUT2D eigenvalue weighted by Crippen LogP contribution is 2.17. The predicted molar refractivity (Wildman–Crippen MR) is 76.9 cm³/mol. The van der Waals surface area contributed by atoms with Gasteiger partial charge in [0, 0.05) is 25.7 Å². The lowest BCUT2D eigenvalue weighted by Crippen LogP contribution is -2.47. The fourth-order valence-corrected chi connectivity index (χ4v) is 2.70. The van der Waals surface area contributed by atoms with Gasteiger partial charge in [-0.05, 0) is 12.8 Å². The summed E-state index contributed by atoms with van der Waals surface area (Å²) in [6.45, 7) is 5.45. The molecule has 1 saturated heterocycles. The third kappa shape index (κ3) is 5.34. The molecule has 2 rings (SSSR count). The fraction of sp³-hybridized carbons (Fsp3) is 0.923. The number of hydrazine groups is 1. The number of hydrogen-bond acceptors (Lipinski definition) is 4. The van der Waals surface area contributed by atoms with Gasteiger partial charge in [-0.15, -0.1) is 0 Å². The van der Waals surface area contributed by atoms with Crippen LogP contribution < -0.4 is 16.6 Å². The summed E-state index contributed by atoms with van der Waals surface area (Å²) >= 11 is 0. The van der Waals surface area contributed by atoms with Crippen LogP contribution in [-0.4, -0.2) is 56.3 Å². The highest BCUT2D eigenvalue weighted by atomic mass is 16.5. The molecule has 1 aliphatic heterocycles. The van der Waals surface area contributed by atoms with E-state index in [9.17, 15) is 0 Å². The zero-order valence-electron chi connectivity index (χ0n) is 11.7. The topological polar surface area (TPSA) is 74.9 Å². The molecule has 0 aromatic heterocycles. The Kier molecular flexibility index (Phi) is 6.39. The predicted octanol–water partition coefficient (Wildman–Crippen LogP) is 0.0602. The van der Waals surface area contributed by atoms with Gasteiger partial charge in [0.05, 0.1) is 19.8 Å². The molecular formula is C13H27N5O. The fourth-order valence-electron chi connectivity index (χ4n) is 2.70. The Morgan fingerprint density at radius 1 is 1.21 bits per heavy atom. The molecule has 1 aliphatic carbocycles. The van der Waals surface area contributed by atoms with Crippen molar-refractivity contribution in [2.75, 3.05) is 39.4 Å². The van der Waals surface area contributed by atoms with E-state index in [4.69, 9.17) is 10.6 Å². The molecule has 1 heterocycles. The molecule has 2 fully saturated rings. The Bertz CT molecular complexity index is 272. The number of nitrogens with one attached hydrogen (secondary N) is 2. The highest BCUT2D eigenvalue weighted by Gasteiger charge is 2.14. The highest BCUT2D eigenvalue weighted by molar-refractivity contribution is 5.79. The summed E-state index contributed by atoms with van der Waals surface area (Å²) in [6.07, 6.45) is 6.43. The van der Waals surface area contributed by atoms with Gasteiger partial charge < -0.3 is 10.1 Å². The van der Waals surface area contributed by atoms with Crippen LogP contribution in [0.25, 0.3) is 0 Å². The number of ether oxygens (including phenoxy) is 1. The second-order valence-corrected chi connectivity index (χ2v) is 5.31. The van der Waals surface area contributed by atoms with Gasteiger partial charge >= 0.3 is 0 Å². The molecule has 2 aliphatic rings. The number of morpholine rings is 1. The molecule has 0 unspecified atom stereocenters. The van der Waals surface area contributed by atoms with Crippen LogP contribution in [0.3, 0.4) is 0 Å². The first-order chi connectivity index (χ1) is 9.38. The number of rotatable bonds is 4.